The van der Waals surface area contributed by atoms with Crippen molar-refractivity contribution >= 4 is 15.9 Å². The molecule has 14 heavy (non-hydrogen) atoms. The average molecular weight is 264 g/mol. The van der Waals surface area contributed by atoms with Gasteiger partial charge in [0, 0.05) is 10.9 Å². The van der Waals surface area contributed by atoms with Crippen molar-refractivity contribution in [1.29, 1.82) is 0 Å². The van der Waals surface area contributed by atoms with E-state index in [0.717, 1.165) is 5.33 Å². The molecule has 0 saturated carbocycles. The summed E-state index contributed by atoms with van der Waals surface area (Å²) < 4.78 is 0. The molecule has 2 heteroatoms. The summed E-state index contributed by atoms with van der Waals surface area (Å²) in [4.78, 5) is 2.45. The average Bonchev–Trinajstić information content (AvgIpc) is 2.17. The maximum absolute atomic E-state index is 3.56. The lowest BCUT2D eigenvalue weighted by atomic mass is 10.1. The zero-order valence-corrected chi connectivity index (χ0v) is 11.9. The van der Waals surface area contributed by atoms with Gasteiger partial charge in [-0.15, -0.1) is 0 Å². The first kappa shape index (κ1) is 14.4. The number of rotatable bonds is 8. The quantitative estimate of drug-likeness (QED) is 0.472. The molecule has 0 N–H and O–H groups in total. The summed E-state index contributed by atoms with van der Waals surface area (Å²) in [5, 5.41) is 1.05. The Kier molecular flexibility index (Phi) is 7.94. The van der Waals surface area contributed by atoms with Crippen molar-refractivity contribution in [2.45, 2.75) is 58.4 Å². The van der Waals surface area contributed by atoms with Gasteiger partial charge in [-0.05, 0) is 33.9 Å². The maximum atomic E-state index is 3.56. The van der Waals surface area contributed by atoms with Crippen molar-refractivity contribution in [3.8, 4) is 0 Å². The molecule has 0 aliphatic heterocycles. The fraction of sp³-hybridized carbons (Fsp3) is 1.00. The third kappa shape index (κ3) is 6.02. The molecule has 0 saturated heterocycles. The van der Waals surface area contributed by atoms with Crippen LogP contribution in [0, 0.1) is 0 Å². The van der Waals surface area contributed by atoms with Crippen molar-refractivity contribution in [2.24, 2.45) is 0 Å². The van der Waals surface area contributed by atoms with Crippen molar-refractivity contribution in [1.82, 2.24) is 4.90 Å². The zero-order valence-electron chi connectivity index (χ0n) is 10.3. The molecule has 0 fully saturated rings. The van der Waals surface area contributed by atoms with Gasteiger partial charge in [0.2, 0.25) is 0 Å². The Labute approximate surface area is 98.4 Å². The molecular weight excluding hydrogens is 238 g/mol. The lowest BCUT2D eigenvalue weighted by Crippen LogP contribution is -2.43. The zero-order chi connectivity index (χ0) is 11.0. The molecule has 0 atom stereocenters. The van der Waals surface area contributed by atoms with Crippen LogP contribution in [0.3, 0.4) is 0 Å². The highest BCUT2D eigenvalue weighted by molar-refractivity contribution is 9.09. The lowest BCUT2D eigenvalue weighted by molar-refractivity contribution is 0.178. The second kappa shape index (κ2) is 7.70. The SMILES string of the molecule is CCCCCCCN(C)C(C)(C)CBr. The van der Waals surface area contributed by atoms with Gasteiger partial charge in [0.15, 0.2) is 0 Å². The molecule has 0 aliphatic carbocycles. The van der Waals surface area contributed by atoms with E-state index in [-0.39, 0.29) is 0 Å². The summed E-state index contributed by atoms with van der Waals surface area (Å²) >= 11 is 3.56. The van der Waals surface area contributed by atoms with E-state index < -0.39 is 0 Å². The topological polar surface area (TPSA) is 3.24 Å². The van der Waals surface area contributed by atoms with Crippen molar-refractivity contribution in [3.05, 3.63) is 0 Å². The monoisotopic (exact) mass is 263 g/mol. The fourth-order valence-corrected chi connectivity index (χ4v) is 1.79. The fourth-order valence-electron chi connectivity index (χ4n) is 1.36. The standard InChI is InChI=1S/C12H26BrN/c1-5-6-7-8-9-10-14(4)12(2,3)11-13/h5-11H2,1-4H3. The molecule has 0 radical (unpaired) electrons. The Balaban J connectivity index is 3.48. The maximum Gasteiger partial charge on any atom is 0.0246 e. The van der Waals surface area contributed by atoms with Crippen molar-refractivity contribution < 1.29 is 0 Å². The minimum atomic E-state index is 0.296. The number of halogens is 1. The molecule has 0 aromatic carbocycles. The summed E-state index contributed by atoms with van der Waals surface area (Å²) in [6.07, 6.45) is 6.86. The number of nitrogens with zero attached hydrogens (tertiary/aromatic N) is 1. The van der Waals surface area contributed by atoms with Gasteiger partial charge < -0.3 is 4.90 Å². The minimum absolute atomic E-state index is 0.296. The van der Waals surface area contributed by atoms with Gasteiger partial charge in [-0.3, -0.25) is 0 Å². The van der Waals surface area contributed by atoms with Gasteiger partial charge in [0.25, 0.3) is 0 Å². The molecule has 0 bridgehead atoms. The summed E-state index contributed by atoms with van der Waals surface area (Å²) in [5.41, 5.74) is 0.296. The Morgan fingerprint density at radius 1 is 1.07 bits per heavy atom. The highest BCUT2D eigenvalue weighted by Crippen LogP contribution is 2.16. The van der Waals surface area contributed by atoms with E-state index in [9.17, 15) is 0 Å². The van der Waals surface area contributed by atoms with Crippen molar-refractivity contribution in [2.75, 3.05) is 18.9 Å². The van der Waals surface area contributed by atoms with Gasteiger partial charge in [0.1, 0.15) is 0 Å². The van der Waals surface area contributed by atoms with Gasteiger partial charge >= 0.3 is 0 Å². The first-order chi connectivity index (χ1) is 6.54. The van der Waals surface area contributed by atoms with Crippen molar-refractivity contribution in [3.63, 3.8) is 0 Å². The van der Waals surface area contributed by atoms with Gasteiger partial charge in [-0.25, -0.2) is 0 Å². The summed E-state index contributed by atoms with van der Waals surface area (Å²) in [7, 11) is 2.22. The lowest BCUT2D eigenvalue weighted by Gasteiger charge is -2.34. The predicted molar refractivity (Wildman–Crippen MR) is 69.3 cm³/mol. The Morgan fingerprint density at radius 3 is 2.14 bits per heavy atom. The van der Waals surface area contributed by atoms with Crippen LogP contribution in [0.15, 0.2) is 0 Å². The first-order valence-electron chi connectivity index (χ1n) is 5.81. The van der Waals surface area contributed by atoms with Gasteiger partial charge in [0.05, 0.1) is 0 Å². The Morgan fingerprint density at radius 2 is 1.64 bits per heavy atom. The third-order valence-corrected chi connectivity index (χ3v) is 4.33. The van der Waals surface area contributed by atoms with E-state index in [4.69, 9.17) is 0 Å². The van der Waals surface area contributed by atoms with E-state index in [1.54, 1.807) is 0 Å². The van der Waals surface area contributed by atoms with Crippen LogP contribution in [0.25, 0.3) is 0 Å². The van der Waals surface area contributed by atoms with Gasteiger partial charge in [-0.1, -0.05) is 48.5 Å². The number of hydrogen-bond acceptors (Lipinski definition) is 1. The normalized spacial score (nSPS) is 12.4. The molecule has 0 amide bonds. The molecule has 0 aromatic rings. The molecule has 0 spiro atoms. The van der Waals surface area contributed by atoms with Crippen LogP contribution >= 0.6 is 15.9 Å². The molecule has 0 aliphatic rings. The first-order valence-corrected chi connectivity index (χ1v) is 6.94. The number of hydrogen-bond donors (Lipinski definition) is 0. The summed E-state index contributed by atoms with van der Waals surface area (Å²) in [5.74, 6) is 0. The van der Waals surface area contributed by atoms with Crippen LogP contribution in [-0.2, 0) is 0 Å². The largest absolute Gasteiger partial charge is 0.300 e. The van der Waals surface area contributed by atoms with Crippen LogP contribution in [0.2, 0.25) is 0 Å². The highest BCUT2D eigenvalue weighted by atomic mass is 79.9. The van der Waals surface area contributed by atoms with Crippen LogP contribution in [0.1, 0.15) is 52.9 Å². The highest BCUT2D eigenvalue weighted by Gasteiger charge is 2.20. The second-order valence-electron chi connectivity index (χ2n) is 4.78. The number of alkyl halides is 1. The molecular formula is C12H26BrN. The summed E-state index contributed by atoms with van der Waals surface area (Å²) in [6.45, 7) is 8.06. The molecule has 0 aromatic heterocycles. The van der Waals surface area contributed by atoms with E-state index in [2.05, 4.69) is 48.6 Å². The van der Waals surface area contributed by atoms with E-state index >= 15 is 0 Å². The third-order valence-electron chi connectivity index (χ3n) is 2.96. The Bertz CT molecular complexity index is 134. The smallest absolute Gasteiger partial charge is 0.0246 e. The van der Waals surface area contributed by atoms with Crippen LogP contribution in [0.5, 0.6) is 0 Å². The predicted octanol–water partition coefficient (Wildman–Crippen LogP) is 4.06. The minimum Gasteiger partial charge on any atom is -0.300 e. The molecule has 0 heterocycles. The second-order valence-corrected chi connectivity index (χ2v) is 5.34. The van der Waals surface area contributed by atoms with E-state index in [0.29, 0.717) is 5.54 Å². The van der Waals surface area contributed by atoms with Crippen LogP contribution < -0.4 is 0 Å². The Hall–Kier alpha value is 0.440. The van der Waals surface area contributed by atoms with Gasteiger partial charge in [-0.2, -0.15) is 0 Å². The van der Waals surface area contributed by atoms with E-state index in [1.807, 2.05) is 0 Å². The molecule has 0 rings (SSSR count). The van der Waals surface area contributed by atoms with Crippen LogP contribution in [0.4, 0.5) is 0 Å². The summed E-state index contributed by atoms with van der Waals surface area (Å²) in [6, 6.07) is 0. The number of unbranched alkanes of at least 4 members (excludes halogenated alkanes) is 4. The molecule has 86 valence electrons. The molecule has 1 nitrogen and oxygen atoms in total. The molecule has 0 unspecified atom stereocenters. The van der Waals surface area contributed by atoms with Crippen LogP contribution in [-0.4, -0.2) is 29.4 Å². The van der Waals surface area contributed by atoms with E-state index in [1.165, 1.54) is 38.6 Å².